The summed E-state index contributed by atoms with van der Waals surface area (Å²) in [6.45, 7) is 3.88. The van der Waals surface area contributed by atoms with E-state index >= 15 is 0 Å². The molecule has 2 aliphatic carbocycles. The van der Waals surface area contributed by atoms with Crippen LogP contribution in [-0.2, 0) is 14.9 Å². The van der Waals surface area contributed by atoms with Crippen LogP contribution < -0.4 is 0 Å². The van der Waals surface area contributed by atoms with Crippen molar-refractivity contribution in [2.24, 2.45) is 0 Å². The van der Waals surface area contributed by atoms with Gasteiger partial charge >= 0.3 is 0 Å². The topological polar surface area (TPSA) is 63.6 Å². The summed E-state index contributed by atoms with van der Waals surface area (Å²) in [7, 11) is -2.70. The van der Waals surface area contributed by atoms with Crippen LogP contribution in [0.25, 0.3) is 11.1 Å². The molecule has 0 spiro atoms. The second-order valence-electron chi connectivity index (χ2n) is 5.14. The molecule has 114 valence electrons. The molecule has 0 saturated carbocycles. The van der Waals surface area contributed by atoms with Crippen LogP contribution in [0.3, 0.4) is 0 Å². The first-order chi connectivity index (χ1) is 9.90. The lowest BCUT2D eigenvalue weighted by atomic mass is 9.93. The average Bonchev–Trinajstić information content (AvgIpc) is 2.63. The molecule has 0 aromatic carbocycles. The van der Waals surface area contributed by atoms with Crippen LogP contribution in [-0.4, -0.2) is 26.2 Å². The number of hydrogen-bond acceptors (Lipinski definition) is 3. The molecular formula is C16H20O4S. The van der Waals surface area contributed by atoms with Gasteiger partial charge in [0.15, 0.2) is 0 Å². The minimum Gasteiger partial charge on any atom is -0.381 e. The number of fused-ring (bicyclic) bond motifs is 1. The lowest BCUT2D eigenvalue weighted by molar-refractivity contribution is 0.0920. The first kappa shape index (κ1) is 15.9. The molecule has 0 aromatic heterocycles. The number of rotatable bonds is 5. The molecule has 2 atom stereocenters. The molecule has 5 heteroatoms. The largest absolute Gasteiger partial charge is 0.381 e. The highest BCUT2D eigenvalue weighted by Gasteiger charge is 2.30. The first-order valence-corrected chi connectivity index (χ1v) is 8.36. The van der Waals surface area contributed by atoms with Crippen molar-refractivity contribution >= 4 is 10.1 Å². The van der Waals surface area contributed by atoms with E-state index in [-0.39, 0.29) is 16.9 Å². The van der Waals surface area contributed by atoms with E-state index < -0.39 is 10.1 Å². The third kappa shape index (κ3) is 3.10. The molecule has 4 nitrogen and oxygen atoms in total. The second kappa shape index (κ2) is 6.13. The lowest BCUT2D eigenvalue weighted by Gasteiger charge is -2.21. The molecule has 0 bridgehead atoms. The van der Waals surface area contributed by atoms with Crippen LogP contribution in [0, 0.1) is 0 Å². The van der Waals surface area contributed by atoms with Crippen LogP contribution in [0.1, 0.15) is 31.7 Å². The Morgan fingerprint density at radius 3 is 2.48 bits per heavy atom. The summed E-state index contributed by atoms with van der Waals surface area (Å²) < 4.78 is 38.8. The minimum absolute atomic E-state index is 0.00412. The molecule has 0 radical (unpaired) electrons. The SMILES string of the molecule is CCC(c1cc2cccccc-2c1S(=O)(=O)O)C(C)OC. The van der Waals surface area contributed by atoms with Gasteiger partial charge in [-0.2, -0.15) is 8.42 Å². The maximum Gasteiger partial charge on any atom is 0.295 e. The predicted octanol–water partition coefficient (Wildman–Crippen LogP) is 3.57. The summed E-state index contributed by atoms with van der Waals surface area (Å²) in [5.41, 5.74) is 1.96. The molecule has 0 heterocycles. The Balaban J connectivity index is 2.76. The summed E-state index contributed by atoms with van der Waals surface area (Å²) in [6.07, 6.45) is 0.584. The Hall–Kier alpha value is -1.43. The standard InChI is InChI=1S/C16H20O4S/c1-4-13(11(2)20-3)15-10-12-8-6-5-7-9-14(12)16(15)21(17,18)19/h5-11,13H,4H2,1-3H3,(H,17,18,19). The fourth-order valence-electron chi connectivity index (χ4n) is 2.81. The summed E-state index contributed by atoms with van der Waals surface area (Å²) in [5, 5.41) is 0. The summed E-state index contributed by atoms with van der Waals surface area (Å²) in [5.74, 6) is -0.0929. The summed E-state index contributed by atoms with van der Waals surface area (Å²) in [6, 6.07) is 10.8. The lowest BCUT2D eigenvalue weighted by Crippen LogP contribution is -2.18. The molecular weight excluding hydrogens is 288 g/mol. The highest BCUT2D eigenvalue weighted by molar-refractivity contribution is 7.86. The van der Waals surface area contributed by atoms with Crippen LogP contribution >= 0.6 is 0 Å². The smallest absolute Gasteiger partial charge is 0.295 e. The highest BCUT2D eigenvalue weighted by Crippen LogP contribution is 2.40. The predicted molar refractivity (Wildman–Crippen MR) is 82.4 cm³/mol. The Labute approximate surface area is 125 Å². The van der Waals surface area contributed by atoms with E-state index in [1.54, 1.807) is 19.2 Å². The van der Waals surface area contributed by atoms with Crippen molar-refractivity contribution in [1.82, 2.24) is 0 Å². The molecule has 0 aromatic rings. The number of ether oxygens (including phenoxy) is 1. The van der Waals surface area contributed by atoms with Crippen molar-refractivity contribution in [2.75, 3.05) is 7.11 Å². The van der Waals surface area contributed by atoms with E-state index in [9.17, 15) is 13.0 Å². The Kier molecular flexibility index (Phi) is 4.66. The van der Waals surface area contributed by atoms with Gasteiger partial charge < -0.3 is 4.74 Å². The van der Waals surface area contributed by atoms with Gasteiger partial charge in [0.25, 0.3) is 10.1 Å². The van der Waals surface area contributed by atoms with Crippen LogP contribution in [0.2, 0.25) is 0 Å². The van der Waals surface area contributed by atoms with Gasteiger partial charge in [-0.05, 0) is 30.5 Å². The van der Waals surface area contributed by atoms with Gasteiger partial charge in [0.05, 0.1) is 6.10 Å². The fraction of sp³-hybridized carbons (Fsp3) is 0.375. The van der Waals surface area contributed by atoms with Gasteiger partial charge in [-0.3, -0.25) is 4.55 Å². The monoisotopic (exact) mass is 308 g/mol. The van der Waals surface area contributed by atoms with Crippen LogP contribution in [0.4, 0.5) is 0 Å². The molecule has 1 N–H and O–H groups in total. The minimum atomic E-state index is -4.30. The first-order valence-electron chi connectivity index (χ1n) is 6.92. The van der Waals surface area contributed by atoms with Gasteiger partial charge in [0.2, 0.25) is 0 Å². The van der Waals surface area contributed by atoms with Crippen molar-refractivity contribution in [3.63, 3.8) is 0 Å². The van der Waals surface area contributed by atoms with Crippen molar-refractivity contribution < 1.29 is 17.7 Å². The molecule has 2 aliphatic rings. The number of hydrogen-bond donors (Lipinski definition) is 1. The molecule has 0 fully saturated rings. The van der Waals surface area contributed by atoms with Gasteiger partial charge in [0.1, 0.15) is 4.90 Å². The summed E-state index contributed by atoms with van der Waals surface area (Å²) >= 11 is 0. The third-order valence-corrected chi connectivity index (χ3v) is 4.90. The van der Waals surface area contributed by atoms with Crippen LogP contribution in [0.5, 0.6) is 0 Å². The molecule has 21 heavy (non-hydrogen) atoms. The second-order valence-corrected chi connectivity index (χ2v) is 6.50. The maximum atomic E-state index is 11.9. The van der Waals surface area contributed by atoms with Gasteiger partial charge in [-0.1, -0.05) is 37.3 Å². The molecule has 0 saturated heterocycles. The van der Waals surface area contributed by atoms with Gasteiger partial charge in [-0.15, -0.1) is 0 Å². The van der Waals surface area contributed by atoms with E-state index in [1.165, 1.54) is 0 Å². The van der Waals surface area contributed by atoms with Crippen molar-refractivity contribution in [2.45, 2.75) is 37.2 Å². The normalized spacial score (nSPS) is 15.0. The van der Waals surface area contributed by atoms with E-state index in [0.29, 0.717) is 11.1 Å². The highest BCUT2D eigenvalue weighted by atomic mass is 32.2. The Bertz CT molecular complexity index is 693. The van der Waals surface area contributed by atoms with Crippen molar-refractivity contribution in [3.05, 3.63) is 42.0 Å². The molecule has 2 rings (SSSR count). The fourth-order valence-corrected chi connectivity index (χ4v) is 3.79. The average molecular weight is 308 g/mol. The van der Waals surface area contributed by atoms with Crippen molar-refractivity contribution in [1.29, 1.82) is 0 Å². The van der Waals surface area contributed by atoms with E-state index in [4.69, 9.17) is 4.74 Å². The van der Waals surface area contributed by atoms with Crippen molar-refractivity contribution in [3.8, 4) is 11.1 Å². The van der Waals surface area contributed by atoms with E-state index in [1.807, 2.05) is 38.1 Å². The molecule has 0 amide bonds. The quantitative estimate of drug-likeness (QED) is 0.858. The molecule has 0 aliphatic heterocycles. The summed E-state index contributed by atoms with van der Waals surface area (Å²) in [4.78, 5) is 0.00412. The molecule has 2 unspecified atom stereocenters. The van der Waals surface area contributed by atoms with E-state index in [2.05, 4.69) is 0 Å². The Morgan fingerprint density at radius 1 is 1.24 bits per heavy atom. The number of methoxy groups -OCH3 is 1. The zero-order valence-corrected chi connectivity index (χ0v) is 13.2. The zero-order valence-electron chi connectivity index (χ0n) is 12.4. The maximum absolute atomic E-state index is 11.9. The Morgan fingerprint density at radius 2 is 1.90 bits per heavy atom. The van der Waals surface area contributed by atoms with Gasteiger partial charge in [-0.25, -0.2) is 0 Å². The van der Waals surface area contributed by atoms with E-state index in [0.717, 1.165) is 12.0 Å². The third-order valence-electron chi connectivity index (χ3n) is 3.93. The van der Waals surface area contributed by atoms with Gasteiger partial charge in [0, 0.05) is 18.6 Å². The zero-order chi connectivity index (χ0) is 15.6. The van der Waals surface area contributed by atoms with Crippen LogP contribution in [0.15, 0.2) is 41.3 Å².